The minimum Gasteiger partial charge on any atom is -0.508 e. The summed E-state index contributed by atoms with van der Waals surface area (Å²) in [7, 11) is 4.38. The van der Waals surface area contributed by atoms with Gasteiger partial charge in [-0.3, -0.25) is 0 Å². The first kappa shape index (κ1) is 55.5. The number of fused-ring (bicyclic) bond motifs is 6. The van der Waals surface area contributed by atoms with Gasteiger partial charge in [-0.2, -0.15) is 4.58 Å². The van der Waals surface area contributed by atoms with Gasteiger partial charge in [0.15, 0.2) is 18.3 Å². The van der Waals surface area contributed by atoms with Crippen molar-refractivity contribution < 1.29 is 43.6 Å². The van der Waals surface area contributed by atoms with E-state index in [1.54, 1.807) is 12.1 Å². The molecule has 6 aromatic carbocycles. The Morgan fingerprint density at radius 3 is 1.89 bits per heavy atom. The summed E-state index contributed by atoms with van der Waals surface area (Å²) < 4.78 is 36.1. The van der Waals surface area contributed by atoms with E-state index in [0.29, 0.717) is 19.3 Å². The summed E-state index contributed by atoms with van der Waals surface area (Å²) in [5, 5.41) is 35.7. The number of aliphatic hydroxyl groups excluding tert-OH is 2. The van der Waals surface area contributed by atoms with Crippen LogP contribution in [0.2, 0.25) is 0 Å². The fourth-order valence-corrected chi connectivity index (χ4v) is 13.5. The van der Waals surface area contributed by atoms with Crippen LogP contribution in [0, 0.1) is 0 Å². The number of phenolic OH excluding ortho intramolecular Hbond substituents is 1. The number of aromatic hydroxyl groups is 1. The number of rotatable bonds is 16. The monoisotopic (exact) mass is 1080 g/mol. The minimum atomic E-state index is -0.632. The zero-order valence-electron chi connectivity index (χ0n) is 48.0. The molecule has 0 spiro atoms. The van der Waals surface area contributed by atoms with Crippen LogP contribution in [0.15, 0.2) is 168 Å². The Bertz CT molecular complexity index is 3380. The number of hydrogen-bond donors (Lipinski definition) is 3. The number of anilines is 1. The third-order valence-electron chi connectivity index (χ3n) is 17.6. The number of phenols is 1. The molecule has 0 aromatic heterocycles. The first-order chi connectivity index (χ1) is 38.5. The fourth-order valence-electron chi connectivity index (χ4n) is 13.5. The Morgan fingerprint density at radius 2 is 1.24 bits per heavy atom. The van der Waals surface area contributed by atoms with Gasteiger partial charge in [-0.05, 0) is 172 Å². The Kier molecular flexibility index (Phi) is 16.1. The molecule has 0 amide bonds. The van der Waals surface area contributed by atoms with Crippen molar-refractivity contribution in [1.82, 2.24) is 0 Å². The smallest absolute Gasteiger partial charge is 0.210 e. The Hall–Kier alpha value is -6.37. The molecule has 418 valence electrons. The molecule has 10 heteroatoms. The van der Waals surface area contributed by atoms with Gasteiger partial charge in [-0.25, -0.2) is 0 Å². The first-order valence-corrected chi connectivity index (χ1v) is 29.3. The highest BCUT2D eigenvalue weighted by atomic mass is 16.7. The summed E-state index contributed by atoms with van der Waals surface area (Å²) in [6, 6.07) is 41.6. The molecule has 3 N–H and O–H groups in total. The van der Waals surface area contributed by atoms with E-state index in [1.807, 2.05) is 38.1 Å². The lowest BCUT2D eigenvalue weighted by atomic mass is 9.78. The second-order valence-corrected chi connectivity index (χ2v) is 24.3. The van der Waals surface area contributed by atoms with E-state index in [1.165, 1.54) is 55.5 Å². The Morgan fingerprint density at radius 1 is 0.650 bits per heavy atom. The molecule has 6 aromatic rings. The van der Waals surface area contributed by atoms with Gasteiger partial charge in [0.1, 0.15) is 24.3 Å². The van der Waals surface area contributed by atoms with Crippen molar-refractivity contribution in [2.45, 2.75) is 172 Å². The molecule has 8 atom stereocenters. The number of allylic oxidation sites excluding steroid dienone is 7. The van der Waals surface area contributed by atoms with Gasteiger partial charge >= 0.3 is 0 Å². The zero-order chi connectivity index (χ0) is 55.9. The maximum Gasteiger partial charge on any atom is 0.210 e. The van der Waals surface area contributed by atoms with Crippen LogP contribution in [0.5, 0.6) is 11.5 Å². The van der Waals surface area contributed by atoms with E-state index in [9.17, 15) is 15.3 Å². The molecule has 2 saturated heterocycles. The van der Waals surface area contributed by atoms with Gasteiger partial charge in [0.25, 0.3) is 0 Å². The summed E-state index contributed by atoms with van der Waals surface area (Å²) in [6.07, 6.45) is 15.3. The predicted molar refractivity (Wildman–Crippen MR) is 320 cm³/mol. The molecule has 5 aliphatic rings. The highest BCUT2D eigenvalue weighted by Gasteiger charge is 2.45. The standard InChI is InChI=1S/C70H80N2O8/c1-44(73)15-13-20-54-42-55(78-67(77-54)50-23-31-52(75)32-24-50)35-36-56-43-57(41-45(2)74)80-68(79-56)51-25-33-53(34-26-51)76-66-48(29-39-62-69(3,4)64-58-21-11-9-16-46(58)27-37-60(64)71(62)7)18-14-19-49(66)30-40-63-70(5,6)65-59-22-12-10-17-47(59)28-38-61(65)72(63)8/h9-12,16-17,21-34,37-40,44-45,54-57,67-68,73-74H,13-15,18-20,35-36,41-43H2,1-8H3/p+1. The second-order valence-electron chi connectivity index (χ2n) is 24.3. The highest BCUT2D eigenvalue weighted by molar-refractivity contribution is 6.07. The van der Waals surface area contributed by atoms with Crippen LogP contribution in [0.1, 0.15) is 147 Å². The molecular weight excluding hydrogens is 997 g/mol. The van der Waals surface area contributed by atoms with Crippen molar-refractivity contribution in [3.05, 3.63) is 190 Å². The predicted octanol–water partition coefficient (Wildman–Crippen LogP) is 15.2. The lowest BCUT2D eigenvalue weighted by Crippen LogP contribution is -2.37. The Labute approximate surface area is 473 Å². The van der Waals surface area contributed by atoms with Crippen molar-refractivity contribution in [3.8, 4) is 11.5 Å². The maximum atomic E-state index is 10.6. The van der Waals surface area contributed by atoms with Gasteiger partial charge in [-0.15, -0.1) is 0 Å². The van der Waals surface area contributed by atoms with Crippen LogP contribution < -0.4 is 9.64 Å². The average molecular weight is 1080 g/mol. The van der Waals surface area contributed by atoms with Crippen molar-refractivity contribution >= 4 is 38.6 Å². The van der Waals surface area contributed by atoms with Gasteiger partial charge in [0.05, 0.1) is 42.0 Å². The van der Waals surface area contributed by atoms with Crippen LogP contribution in [0.4, 0.5) is 11.4 Å². The van der Waals surface area contributed by atoms with Crippen LogP contribution in [0.25, 0.3) is 21.5 Å². The number of benzene rings is 6. The summed E-state index contributed by atoms with van der Waals surface area (Å²) in [5.74, 6) is 1.81. The topological polar surface area (TPSA) is 113 Å². The highest BCUT2D eigenvalue weighted by Crippen LogP contribution is 2.51. The van der Waals surface area contributed by atoms with Gasteiger partial charge in [0, 0.05) is 65.5 Å². The molecule has 4 aliphatic heterocycles. The normalized spacial score (nSPS) is 25.5. The first-order valence-electron chi connectivity index (χ1n) is 29.3. The van der Waals surface area contributed by atoms with Crippen LogP contribution >= 0.6 is 0 Å². The lowest BCUT2D eigenvalue weighted by Gasteiger charge is -2.39. The molecule has 8 unspecified atom stereocenters. The van der Waals surface area contributed by atoms with E-state index in [2.05, 4.69) is 160 Å². The number of nitrogens with zero attached hydrogens (tertiary/aromatic N) is 2. The molecule has 0 saturated carbocycles. The molecule has 4 heterocycles. The third-order valence-corrected chi connectivity index (χ3v) is 17.6. The quantitative estimate of drug-likeness (QED) is 0.0816. The van der Waals surface area contributed by atoms with Crippen molar-refractivity contribution in [2.75, 3.05) is 19.0 Å². The third kappa shape index (κ3) is 11.5. The summed E-state index contributed by atoms with van der Waals surface area (Å²) in [4.78, 5) is 2.36. The summed E-state index contributed by atoms with van der Waals surface area (Å²) >= 11 is 0. The van der Waals surface area contributed by atoms with Gasteiger partial charge in [-0.1, -0.05) is 98.8 Å². The minimum absolute atomic E-state index is 0.0300. The molecule has 2 fully saturated rings. The molecule has 1 aliphatic carbocycles. The number of hydrogen-bond acceptors (Lipinski definition) is 9. The lowest BCUT2D eigenvalue weighted by molar-refractivity contribution is -0.401. The van der Waals surface area contributed by atoms with Crippen LogP contribution in [-0.2, 0) is 29.8 Å². The zero-order valence-corrected chi connectivity index (χ0v) is 48.0. The number of aliphatic hydroxyl groups is 2. The summed E-state index contributed by atoms with van der Waals surface area (Å²) in [5.41, 5.74) is 11.3. The van der Waals surface area contributed by atoms with Crippen LogP contribution in [0.3, 0.4) is 0 Å². The Balaban J connectivity index is 0.868. The number of likely N-dealkylation sites (N-methyl/N-ethyl adjacent to an activating group) is 1. The van der Waals surface area contributed by atoms with Crippen LogP contribution in [-0.4, -0.2) is 76.3 Å². The largest absolute Gasteiger partial charge is 0.508 e. The van der Waals surface area contributed by atoms with E-state index >= 15 is 0 Å². The van der Waals surface area contributed by atoms with E-state index in [-0.39, 0.29) is 47.1 Å². The summed E-state index contributed by atoms with van der Waals surface area (Å²) in [6.45, 7) is 13.0. The second kappa shape index (κ2) is 23.2. The maximum absolute atomic E-state index is 10.6. The fraction of sp³-hybridized carbons (Fsp3) is 0.414. The average Bonchev–Trinajstić information content (AvgIpc) is 3.43. The van der Waals surface area contributed by atoms with Gasteiger partial charge < -0.3 is 43.9 Å². The molecule has 80 heavy (non-hydrogen) atoms. The molecular formula is C70H81N2O8+. The van der Waals surface area contributed by atoms with Crippen molar-refractivity contribution in [1.29, 1.82) is 0 Å². The van der Waals surface area contributed by atoms with E-state index in [4.69, 9.17) is 23.7 Å². The molecule has 0 bridgehead atoms. The van der Waals surface area contributed by atoms with E-state index in [0.717, 1.165) is 85.1 Å². The molecule has 10 nitrogen and oxygen atoms in total. The van der Waals surface area contributed by atoms with Crippen molar-refractivity contribution in [3.63, 3.8) is 0 Å². The van der Waals surface area contributed by atoms with Crippen molar-refractivity contribution in [2.24, 2.45) is 0 Å². The van der Waals surface area contributed by atoms with E-state index < -0.39 is 18.7 Å². The molecule has 11 rings (SSSR count). The number of ether oxygens (including phenoxy) is 5. The van der Waals surface area contributed by atoms with Gasteiger partial charge in [0.2, 0.25) is 5.69 Å². The molecule has 0 radical (unpaired) electrons. The SMILES string of the molecule is CC(O)CCCC1CC(CCC2CC(CC(C)O)OC(c3ccc(OC4=C(/C=C/C5=[N+](C)c6ccc7ccccc7c6C5(C)C)CCC/C4=C\C=C4\N(C)c5ccc6ccccc6c5C4(C)C)cc3)O2)OC(c2ccc(O)cc2)O1.